The molecule has 1 aromatic heterocycles. The molecule has 1 atom stereocenters. The molecule has 106 valence electrons. The predicted molar refractivity (Wildman–Crippen MR) is 75.1 cm³/mol. The van der Waals surface area contributed by atoms with Gasteiger partial charge in [-0.1, -0.05) is 0 Å². The van der Waals surface area contributed by atoms with Crippen molar-refractivity contribution >= 4 is 39.4 Å². The molecule has 0 radical (unpaired) electrons. The van der Waals surface area contributed by atoms with Crippen LogP contribution in [0.2, 0.25) is 0 Å². The number of anilines is 2. The zero-order valence-electron chi connectivity index (χ0n) is 10.2. The molecule has 0 aliphatic rings. The molecule has 0 saturated carbocycles. The van der Waals surface area contributed by atoms with Gasteiger partial charge in [-0.05, 0) is 12.1 Å². The predicted octanol–water partition coefficient (Wildman–Crippen LogP) is 2.16. The van der Waals surface area contributed by atoms with Gasteiger partial charge in [0, 0.05) is 13.1 Å². The van der Waals surface area contributed by atoms with Crippen molar-refractivity contribution in [2.45, 2.75) is 4.90 Å². The number of thiazole rings is 1. The van der Waals surface area contributed by atoms with Crippen molar-refractivity contribution in [1.29, 1.82) is 0 Å². The molecule has 1 aromatic carbocycles. The van der Waals surface area contributed by atoms with Crippen LogP contribution in [0.3, 0.4) is 0 Å². The molecule has 2 aromatic rings. The molecule has 1 heterocycles. The lowest BCUT2D eigenvalue weighted by Crippen LogP contribution is -2.15. The van der Waals surface area contributed by atoms with Gasteiger partial charge >= 0.3 is 5.97 Å². The highest BCUT2D eigenvalue weighted by molar-refractivity contribution is 7.93. The molecule has 0 bridgehead atoms. The number of nitrogens with one attached hydrogen (secondary N) is 2. The maximum Gasteiger partial charge on any atom is 0.357 e. The van der Waals surface area contributed by atoms with Crippen LogP contribution in [-0.2, 0) is 11.4 Å². The number of hydrogen-bond acceptors (Lipinski definition) is 6. The van der Waals surface area contributed by atoms with Gasteiger partial charge < -0.3 is 15.0 Å². The zero-order chi connectivity index (χ0) is 14.7. The van der Waals surface area contributed by atoms with Crippen LogP contribution in [-0.4, -0.2) is 27.7 Å². The Morgan fingerprint density at radius 2 is 2.30 bits per heavy atom. The molecular weight excluding hydrogens is 305 g/mol. The number of aromatic carboxylic acids is 1. The number of rotatable bonds is 5. The number of aromatic nitrogens is 1. The minimum absolute atomic E-state index is 0.161. The molecule has 0 fully saturated rings. The van der Waals surface area contributed by atoms with Crippen molar-refractivity contribution in [3.05, 3.63) is 35.2 Å². The summed E-state index contributed by atoms with van der Waals surface area (Å²) in [4.78, 5) is 14.7. The highest BCUT2D eigenvalue weighted by Gasteiger charge is 2.20. The Bertz CT molecular complexity index is 635. The molecule has 9 heteroatoms. The Morgan fingerprint density at radius 3 is 2.90 bits per heavy atom. The molecule has 0 amide bonds. The highest BCUT2D eigenvalue weighted by Crippen LogP contribution is 2.25. The summed E-state index contributed by atoms with van der Waals surface area (Å²) in [7, 11) is 1.57. The summed E-state index contributed by atoms with van der Waals surface area (Å²) in [6.07, 6.45) is 0. The topological polar surface area (TPSA) is 97.3 Å². The summed E-state index contributed by atoms with van der Waals surface area (Å²) in [6.45, 7) is 0. The average Bonchev–Trinajstić information content (AvgIpc) is 2.86. The third-order valence-corrected chi connectivity index (χ3v) is 4.32. The number of hydrogen-bond donors (Lipinski definition) is 3. The van der Waals surface area contributed by atoms with Gasteiger partial charge in [0.25, 0.3) is 0 Å². The number of carbonyl (C=O) groups is 1. The quantitative estimate of drug-likeness (QED) is 0.732. The SMILES string of the molecule is CNc1ccc([S+]([O-])Nc2scnc2C(=O)O)cc1F. The van der Waals surface area contributed by atoms with Crippen LogP contribution >= 0.6 is 11.3 Å². The second kappa shape index (κ2) is 6.07. The van der Waals surface area contributed by atoms with E-state index in [0.29, 0.717) is 0 Å². The van der Waals surface area contributed by atoms with Crippen molar-refractivity contribution < 1.29 is 18.8 Å². The highest BCUT2D eigenvalue weighted by atomic mass is 32.2. The summed E-state index contributed by atoms with van der Waals surface area (Å²) >= 11 is -0.760. The molecule has 0 aliphatic carbocycles. The van der Waals surface area contributed by atoms with Crippen LogP contribution in [0.1, 0.15) is 10.5 Å². The number of nitrogens with zero attached hydrogens (tertiary/aromatic N) is 1. The third-order valence-electron chi connectivity index (χ3n) is 2.38. The maximum absolute atomic E-state index is 13.6. The van der Waals surface area contributed by atoms with Crippen molar-refractivity contribution in [2.75, 3.05) is 17.1 Å². The number of halogens is 1. The van der Waals surface area contributed by atoms with Crippen LogP contribution in [0.4, 0.5) is 15.1 Å². The largest absolute Gasteiger partial charge is 0.588 e. The van der Waals surface area contributed by atoms with Crippen LogP contribution in [0.25, 0.3) is 0 Å². The summed E-state index contributed by atoms with van der Waals surface area (Å²) < 4.78 is 28.1. The van der Waals surface area contributed by atoms with E-state index in [9.17, 15) is 13.7 Å². The molecule has 0 spiro atoms. The van der Waals surface area contributed by atoms with Crippen molar-refractivity contribution in [3.8, 4) is 0 Å². The van der Waals surface area contributed by atoms with E-state index in [1.165, 1.54) is 17.6 Å². The first kappa shape index (κ1) is 14.6. The van der Waals surface area contributed by atoms with E-state index in [2.05, 4.69) is 15.0 Å². The Morgan fingerprint density at radius 1 is 1.55 bits per heavy atom. The smallest absolute Gasteiger partial charge is 0.357 e. The van der Waals surface area contributed by atoms with Gasteiger partial charge in [0.1, 0.15) is 11.4 Å². The van der Waals surface area contributed by atoms with E-state index in [4.69, 9.17) is 5.11 Å². The van der Waals surface area contributed by atoms with Crippen molar-refractivity contribution in [2.24, 2.45) is 0 Å². The molecule has 20 heavy (non-hydrogen) atoms. The Hall–Kier alpha value is -1.84. The van der Waals surface area contributed by atoms with Crippen LogP contribution < -0.4 is 10.0 Å². The van der Waals surface area contributed by atoms with Crippen LogP contribution in [0.5, 0.6) is 0 Å². The van der Waals surface area contributed by atoms with Gasteiger partial charge in [-0.25, -0.2) is 14.2 Å². The van der Waals surface area contributed by atoms with Crippen LogP contribution in [0.15, 0.2) is 28.6 Å². The summed E-state index contributed by atoms with van der Waals surface area (Å²) in [5.41, 5.74) is 1.40. The summed E-state index contributed by atoms with van der Waals surface area (Å²) in [5, 5.41) is 11.7. The first-order chi connectivity index (χ1) is 9.52. The normalized spacial score (nSPS) is 11.9. The van der Waals surface area contributed by atoms with Gasteiger partial charge in [0.15, 0.2) is 21.4 Å². The second-order valence-electron chi connectivity index (χ2n) is 3.60. The van der Waals surface area contributed by atoms with Gasteiger partial charge in [-0.2, -0.15) is 4.72 Å². The lowest BCUT2D eigenvalue weighted by atomic mass is 10.3. The minimum atomic E-state index is -1.77. The minimum Gasteiger partial charge on any atom is -0.588 e. The fraction of sp³-hybridized carbons (Fsp3) is 0.0909. The van der Waals surface area contributed by atoms with Gasteiger partial charge in [0.2, 0.25) is 0 Å². The maximum atomic E-state index is 13.6. The third kappa shape index (κ3) is 3.00. The number of carboxylic acids is 1. The monoisotopic (exact) mass is 315 g/mol. The van der Waals surface area contributed by atoms with Crippen molar-refractivity contribution in [1.82, 2.24) is 4.98 Å². The molecule has 3 N–H and O–H groups in total. The average molecular weight is 315 g/mol. The van der Waals surface area contributed by atoms with E-state index >= 15 is 0 Å². The fourth-order valence-corrected chi connectivity index (χ4v) is 3.15. The van der Waals surface area contributed by atoms with E-state index in [1.807, 2.05) is 0 Å². The van der Waals surface area contributed by atoms with E-state index in [-0.39, 0.29) is 21.3 Å². The van der Waals surface area contributed by atoms with E-state index < -0.39 is 23.1 Å². The van der Waals surface area contributed by atoms with Gasteiger partial charge in [-0.3, -0.25) is 0 Å². The van der Waals surface area contributed by atoms with Crippen molar-refractivity contribution in [3.63, 3.8) is 0 Å². The Balaban J connectivity index is 2.19. The number of benzene rings is 1. The summed E-state index contributed by atoms with van der Waals surface area (Å²) in [6, 6.07) is 4.06. The molecule has 0 saturated heterocycles. The van der Waals surface area contributed by atoms with Crippen LogP contribution in [0, 0.1) is 5.82 Å². The molecular formula is C11H10FN3O3S2. The second-order valence-corrected chi connectivity index (χ2v) is 5.67. The summed E-state index contributed by atoms with van der Waals surface area (Å²) in [5.74, 6) is -1.76. The van der Waals surface area contributed by atoms with Gasteiger partial charge in [0.05, 0.1) is 11.2 Å². The lowest BCUT2D eigenvalue weighted by molar-refractivity contribution is 0.0692. The molecule has 6 nitrogen and oxygen atoms in total. The van der Waals surface area contributed by atoms with E-state index in [0.717, 1.165) is 17.4 Å². The molecule has 2 rings (SSSR count). The number of carboxylic acid groups (broad SMARTS) is 1. The Labute approximate surface area is 121 Å². The fourth-order valence-electron chi connectivity index (χ4n) is 1.43. The lowest BCUT2D eigenvalue weighted by Gasteiger charge is -2.11. The van der Waals surface area contributed by atoms with E-state index in [1.54, 1.807) is 7.05 Å². The van der Waals surface area contributed by atoms with Gasteiger partial charge in [-0.15, -0.1) is 11.3 Å². The first-order valence-corrected chi connectivity index (χ1v) is 7.38. The molecule has 0 aliphatic heterocycles. The first-order valence-electron chi connectivity index (χ1n) is 5.35. The molecule has 1 unspecified atom stereocenters. The zero-order valence-corrected chi connectivity index (χ0v) is 11.8. The Kier molecular flexibility index (Phi) is 4.42. The standard InChI is InChI=1S/C11H10FN3O3S2/c1-13-8-3-2-6(4-7(8)12)20(18)15-10-9(11(16)17)14-5-19-10/h2-5,13,15H,1H3,(H,16,17).